The van der Waals surface area contributed by atoms with Crippen molar-refractivity contribution in [2.45, 2.75) is 31.7 Å². The molecule has 0 atom stereocenters. The summed E-state index contributed by atoms with van der Waals surface area (Å²) in [5.41, 5.74) is 9.74. The van der Waals surface area contributed by atoms with Crippen molar-refractivity contribution in [2.24, 2.45) is 10.7 Å². The van der Waals surface area contributed by atoms with Crippen molar-refractivity contribution in [3.63, 3.8) is 0 Å². The lowest BCUT2D eigenvalue weighted by Crippen LogP contribution is -2.31. The topological polar surface area (TPSA) is 59.6 Å². The molecule has 2 aromatic carbocycles. The Morgan fingerprint density at radius 1 is 1.12 bits per heavy atom. The van der Waals surface area contributed by atoms with Gasteiger partial charge in [0.05, 0.1) is 13.2 Å². The van der Waals surface area contributed by atoms with Gasteiger partial charge in [0.1, 0.15) is 5.75 Å². The molecule has 5 heteroatoms. The first-order chi connectivity index (χ1) is 11.2. The molecule has 0 heterocycles. The second-order valence-electron chi connectivity index (χ2n) is 6.05. The molecule has 24 heavy (non-hydrogen) atoms. The van der Waals surface area contributed by atoms with Gasteiger partial charge in [-0.3, -0.25) is 0 Å². The highest BCUT2D eigenvalue weighted by Gasteiger charge is 2.30. The van der Waals surface area contributed by atoms with Gasteiger partial charge >= 0.3 is 0 Å². The van der Waals surface area contributed by atoms with E-state index >= 15 is 0 Å². The number of anilines is 1. The van der Waals surface area contributed by atoms with Crippen LogP contribution in [0.1, 0.15) is 29.9 Å². The Balaban J connectivity index is 0.00000208. The zero-order valence-corrected chi connectivity index (χ0v) is 16.4. The quantitative estimate of drug-likeness (QED) is 0.426. The average molecular weight is 437 g/mol. The minimum absolute atomic E-state index is 0. The van der Waals surface area contributed by atoms with Gasteiger partial charge in [0, 0.05) is 5.69 Å². The van der Waals surface area contributed by atoms with Crippen LogP contribution in [0.2, 0.25) is 0 Å². The van der Waals surface area contributed by atoms with E-state index < -0.39 is 0 Å². The summed E-state index contributed by atoms with van der Waals surface area (Å²) in [5.74, 6) is 1.91. The van der Waals surface area contributed by atoms with E-state index in [2.05, 4.69) is 41.5 Å². The number of aryl methyl sites for hydroxylation is 1. The van der Waals surface area contributed by atoms with Crippen molar-refractivity contribution in [3.05, 3.63) is 59.7 Å². The standard InChI is InChI=1S/C19H23N3O.HI/c1-13-5-3-4-6-18(13)14-11-16(12-14)22-19(20)21-15-7-9-17(23-2)10-8-15;/h3-10,14,16H,11-12H2,1-2H3,(H3,20,21,22);1H. The van der Waals surface area contributed by atoms with Crippen molar-refractivity contribution in [1.82, 2.24) is 0 Å². The van der Waals surface area contributed by atoms with Crippen LogP contribution < -0.4 is 15.8 Å². The summed E-state index contributed by atoms with van der Waals surface area (Å²) in [6, 6.07) is 16.6. The van der Waals surface area contributed by atoms with Crippen LogP contribution in [0, 0.1) is 6.92 Å². The van der Waals surface area contributed by atoms with E-state index in [4.69, 9.17) is 10.5 Å². The number of hydrogen-bond donors (Lipinski definition) is 2. The molecule has 1 aliphatic rings. The van der Waals surface area contributed by atoms with Crippen LogP contribution in [-0.2, 0) is 0 Å². The smallest absolute Gasteiger partial charge is 0.193 e. The fraction of sp³-hybridized carbons (Fsp3) is 0.316. The summed E-state index contributed by atoms with van der Waals surface area (Å²) in [6.45, 7) is 2.17. The fourth-order valence-electron chi connectivity index (χ4n) is 3.04. The van der Waals surface area contributed by atoms with Crippen molar-refractivity contribution in [2.75, 3.05) is 12.4 Å². The molecule has 0 radical (unpaired) electrons. The lowest BCUT2D eigenvalue weighted by Gasteiger charge is -2.34. The van der Waals surface area contributed by atoms with Crippen LogP contribution in [0.5, 0.6) is 5.75 Å². The summed E-state index contributed by atoms with van der Waals surface area (Å²) >= 11 is 0. The summed E-state index contributed by atoms with van der Waals surface area (Å²) in [6.07, 6.45) is 2.13. The predicted octanol–water partition coefficient (Wildman–Crippen LogP) is 4.29. The number of benzene rings is 2. The molecule has 0 bridgehead atoms. The molecule has 0 aliphatic heterocycles. The monoisotopic (exact) mass is 437 g/mol. The Morgan fingerprint density at radius 2 is 1.79 bits per heavy atom. The summed E-state index contributed by atoms with van der Waals surface area (Å²) in [5, 5.41) is 3.13. The first kappa shape index (κ1) is 18.6. The normalized spacial score (nSPS) is 19.8. The van der Waals surface area contributed by atoms with Crippen LogP contribution in [-0.4, -0.2) is 19.1 Å². The maximum absolute atomic E-state index is 6.01. The molecule has 3 N–H and O–H groups in total. The van der Waals surface area contributed by atoms with Crippen LogP contribution in [0.25, 0.3) is 0 Å². The Kier molecular flexibility index (Phi) is 6.48. The lowest BCUT2D eigenvalue weighted by molar-refractivity contribution is 0.352. The van der Waals surface area contributed by atoms with E-state index in [1.165, 1.54) is 11.1 Å². The third-order valence-electron chi connectivity index (χ3n) is 4.43. The second kappa shape index (κ2) is 8.37. The number of aliphatic imine (C=N–C) groups is 1. The highest BCUT2D eigenvalue weighted by Crippen LogP contribution is 2.40. The van der Waals surface area contributed by atoms with E-state index in [9.17, 15) is 0 Å². The number of halogens is 1. The molecular formula is C19H24IN3O. The zero-order chi connectivity index (χ0) is 16.2. The van der Waals surface area contributed by atoms with Crippen LogP contribution in [0.15, 0.2) is 53.5 Å². The largest absolute Gasteiger partial charge is 0.497 e. The van der Waals surface area contributed by atoms with Gasteiger partial charge in [-0.15, -0.1) is 24.0 Å². The highest BCUT2D eigenvalue weighted by molar-refractivity contribution is 14.0. The summed E-state index contributed by atoms with van der Waals surface area (Å²) in [7, 11) is 1.65. The van der Waals surface area contributed by atoms with Crippen molar-refractivity contribution in [1.29, 1.82) is 0 Å². The van der Waals surface area contributed by atoms with E-state index in [1.54, 1.807) is 7.11 Å². The average Bonchev–Trinajstić information content (AvgIpc) is 2.52. The molecule has 0 aromatic heterocycles. The number of ether oxygens (including phenoxy) is 1. The van der Waals surface area contributed by atoms with Gasteiger partial charge in [0.2, 0.25) is 0 Å². The molecule has 1 fully saturated rings. The van der Waals surface area contributed by atoms with Crippen molar-refractivity contribution in [3.8, 4) is 5.75 Å². The fourth-order valence-corrected chi connectivity index (χ4v) is 3.04. The zero-order valence-electron chi connectivity index (χ0n) is 14.0. The number of nitrogens with one attached hydrogen (secondary N) is 1. The van der Waals surface area contributed by atoms with E-state index in [-0.39, 0.29) is 24.0 Å². The van der Waals surface area contributed by atoms with Gasteiger partial charge in [-0.25, -0.2) is 4.99 Å². The van der Waals surface area contributed by atoms with Gasteiger partial charge in [-0.2, -0.15) is 0 Å². The number of rotatable bonds is 4. The van der Waals surface area contributed by atoms with Gasteiger partial charge in [-0.1, -0.05) is 24.3 Å². The minimum atomic E-state index is 0. The number of nitrogens with zero attached hydrogens (tertiary/aromatic N) is 1. The second-order valence-corrected chi connectivity index (χ2v) is 6.05. The van der Waals surface area contributed by atoms with Crippen molar-refractivity contribution >= 4 is 35.6 Å². The number of methoxy groups -OCH3 is 1. The molecule has 1 aliphatic carbocycles. The maximum Gasteiger partial charge on any atom is 0.193 e. The number of nitrogens with two attached hydrogens (primary N) is 1. The third kappa shape index (κ3) is 4.41. The first-order valence-corrected chi connectivity index (χ1v) is 7.95. The molecule has 3 rings (SSSR count). The molecule has 128 valence electrons. The Labute approximate surface area is 160 Å². The molecule has 0 amide bonds. The third-order valence-corrected chi connectivity index (χ3v) is 4.43. The molecular weight excluding hydrogens is 413 g/mol. The van der Waals surface area contributed by atoms with Crippen LogP contribution in [0.3, 0.4) is 0 Å². The minimum Gasteiger partial charge on any atom is -0.497 e. The van der Waals surface area contributed by atoms with E-state index in [1.807, 2.05) is 24.3 Å². The maximum atomic E-state index is 6.01. The SMILES string of the molecule is COc1ccc(NC(N)=NC2CC(c3ccccc3C)C2)cc1.I. The number of guanidine groups is 1. The van der Waals surface area contributed by atoms with Crippen molar-refractivity contribution < 1.29 is 4.74 Å². The molecule has 2 aromatic rings. The Hall–Kier alpha value is -1.76. The van der Waals surface area contributed by atoms with Gasteiger partial charge in [0.25, 0.3) is 0 Å². The molecule has 1 saturated carbocycles. The van der Waals surface area contributed by atoms with Crippen LogP contribution >= 0.6 is 24.0 Å². The molecule has 0 saturated heterocycles. The lowest BCUT2D eigenvalue weighted by atomic mass is 9.75. The first-order valence-electron chi connectivity index (χ1n) is 7.95. The Morgan fingerprint density at radius 3 is 2.42 bits per heavy atom. The van der Waals surface area contributed by atoms with E-state index in [0.29, 0.717) is 17.9 Å². The van der Waals surface area contributed by atoms with E-state index in [0.717, 1.165) is 24.3 Å². The van der Waals surface area contributed by atoms with Gasteiger partial charge in [-0.05, 0) is 61.1 Å². The molecule has 4 nitrogen and oxygen atoms in total. The number of hydrogen-bond acceptors (Lipinski definition) is 2. The van der Waals surface area contributed by atoms with Crippen LogP contribution in [0.4, 0.5) is 5.69 Å². The molecule has 0 unspecified atom stereocenters. The summed E-state index contributed by atoms with van der Waals surface area (Å²) < 4.78 is 5.14. The highest BCUT2D eigenvalue weighted by atomic mass is 127. The predicted molar refractivity (Wildman–Crippen MR) is 111 cm³/mol. The van der Waals surface area contributed by atoms with Gasteiger partial charge in [0.15, 0.2) is 5.96 Å². The van der Waals surface area contributed by atoms with Gasteiger partial charge < -0.3 is 15.8 Å². The Bertz CT molecular complexity index is 694. The molecule has 0 spiro atoms. The summed E-state index contributed by atoms with van der Waals surface area (Å²) in [4.78, 5) is 4.58.